The van der Waals surface area contributed by atoms with Gasteiger partial charge in [-0.2, -0.15) is 0 Å². The van der Waals surface area contributed by atoms with Crippen molar-refractivity contribution in [2.24, 2.45) is 0 Å². The molecule has 0 N–H and O–H groups in total. The number of amides is 1. The van der Waals surface area contributed by atoms with Gasteiger partial charge in [-0.05, 0) is 57.2 Å². The molecule has 0 saturated heterocycles. The minimum absolute atomic E-state index is 0.0145. The summed E-state index contributed by atoms with van der Waals surface area (Å²) in [6.45, 7) is 7.27. The van der Waals surface area contributed by atoms with Gasteiger partial charge in [-0.3, -0.25) is 4.79 Å². The largest absolute Gasteiger partial charge is 0.489 e. The molecule has 0 atom stereocenters. The van der Waals surface area contributed by atoms with Crippen LogP contribution in [0, 0.1) is 13.8 Å². The Bertz CT molecular complexity index is 898. The van der Waals surface area contributed by atoms with Crippen molar-refractivity contribution >= 4 is 28.8 Å². The van der Waals surface area contributed by atoms with Gasteiger partial charge in [0.15, 0.2) is 0 Å². The topological polar surface area (TPSA) is 55.6 Å². The monoisotopic (exact) mass is 404 g/mol. The number of hydrogen-bond acceptors (Lipinski definition) is 5. The molecule has 1 amide bonds. The maximum atomic E-state index is 12.8. The molecule has 2 heterocycles. The number of aromatic nitrogens is 1. The molecule has 3 rings (SSSR count). The highest BCUT2D eigenvalue weighted by molar-refractivity contribution is 7.16. The Labute approximate surface area is 167 Å². The Kier molecular flexibility index (Phi) is 6.19. The van der Waals surface area contributed by atoms with E-state index >= 15 is 0 Å². The number of thiophene rings is 1. The quantitative estimate of drug-likeness (QED) is 0.539. The first kappa shape index (κ1) is 19.5. The molecule has 0 bridgehead atoms. The smallest absolute Gasteiger partial charge is 0.254 e. The summed E-state index contributed by atoms with van der Waals surface area (Å²) in [4.78, 5) is 15.6. The zero-order valence-electron chi connectivity index (χ0n) is 15.5. The van der Waals surface area contributed by atoms with E-state index in [0.29, 0.717) is 31.0 Å². The van der Waals surface area contributed by atoms with Gasteiger partial charge < -0.3 is 14.2 Å². The fraction of sp³-hybridized carbons (Fsp3) is 0.300. The molecule has 142 valence electrons. The normalized spacial score (nSPS) is 10.8. The highest BCUT2D eigenvalue weighted by Gasteiger charge is 2.16. The van der Waals surface area contributed by atoms with Crippen molar-refractivity contribution < 1.29 is 14.1 Å². The highest BCUT2D eigenvalue weighted by Crippen LogP contribution is 2.24. The van der Waals surface area contributed by atoms with Gasteiger partial charge in [-0.25, -0.2) is 0 Å². The van der Waals surface area contributed by atoms with Crippen LogP contribution in [-0.2, 0) is 13.2 Å². The molecule has 7 heteroatoms. The maximum Gasteiger partial charge on any atom is 0.254 e. The van der Waals surface area contributed by atoms with Crippen LogP contribution in [0.3, 0.4) is 0 Å². The number of carbonyl (C=O) groups excluding carboxylic acids is 1. The van der Waals surface area contributed by atoms with Crippen molar-refractivity contribution in [1.82, 2.24) is 10.1 Å². The second-order valence-corrected chi connectivity index (χ2v) is 7.94. The van der Waals surface area contributed by atoms with Crippen LogP contribution in [0.15, 0.2) is 40.9 Å². The lowest BCUT2D eigenvalue weighted by Crippen LogP contribution is -2.29. The molecule has 0 aliphatic rings. The van der Waals surface area contributed by atoms with Gasteiger partial charge in [0.2, 0.25) is 0 Å². The van der Waals surface area contributed by atoms with Crippen molar-refractivity contribution in [3.05, 3.63) is 68.2 Å². The highest BCUT2D eigenvalue weighted by atomic mass is 35.5. The molecule has 0 radical (unpaired) electrons. The van der Waals surface area contributed by atoms with Crippen LogP contribution in [0.5, 0.6) is 5.75 Å². The summed E-state index contributed by atoms with van der Waals surface area (Å²) >= 11 is 7.47. The Balaban J connectivity index is 1.63. The van der Waals surface area contributed by atoms with Crippen LogP contribution in [0.2, 0.25) is 4.34 Å². The van der Waals surface area contributed by atoms with Crippen LogP contribution < -0.4 is 4.74 Å². The fourth-order valence-electron chi connectivity index (χ4n) is 2.69. The predicted octanol–water partition coefficient (Wildman–Crippen LogP) is 5.25. The summed E-state index contributed by atoms with van der Waals surface area (Å²) in [6.07, 6.45) is 0. The Morgan fingerprint density at radius 3 is 2.52 bits per heavy atom. The SMILES string of the molecule is CCN(Cc1ccc(Cl)s1)C(=O)c1ccc(OCc2c(C)noc2C)cc1. The van der Waals surface area contributed by atoms with E-state index < -0.39 is 0 Å². The van der Waals surface area contributed by atoms with E-state index in [0.717, 1.165) is 26.2 Å². The molecule has 0 fully saturated rings. The van der Waals surface area contributed by atoms with E-state index in [-0.39, 0.29) is 5.91 Å². The molecule has 0 aliphatic carbocycles. The van der Waals surface area contributed by atoms with Gasteiger partial charge in [0.1, 0.15) is 18.1 Å². The zero-order chi connectivity index (χ0) is 19.4. The molecule has 0 saturated carbocycles. The second kappa shape index (κ2) is 8.59. The number of nitrogens with zero attached hydrogens (tertiary/aromatic N) is 2. The number of benzene rings is 1. The van der Waals surface area contributed by atoms with Crippen molar-refractivity contribution in [2.45, 2.75) is 33.9 Å². The van der Waals surface area contributed by atoms with Crippen molar-refractivity contribution in [1.29, 1.82) is 0 Å². The third-order valence-corrected chi connectivity index (χ3v) is 5.53. The molecule has 2 aromatic heterocycles. The number of halogens is 1. The van der Waals surface area contributed by atoms with Crippen LogP contribution in [0.1, 0.15) is 39.2 Å². The van der Waals surface area contributed by atoms with Gasteiger partial charge >= 0.3 is 0 Å². The summed E-state index contributed by atoms with van der Waals surface area (Å²) in [5.74, 6) is 1.44. The third kappa shape index (κ3) is 4.70. The average Bonchev–Trinajstić information content (AvgIpc) is 3.23. The summed E-state index contributed by atoms with van der Waals surface area (Å²) in [7, 11) is 0. The van der Waals surface area contributed by atoms with E-state index in [9.17, 15) is 4.79 Å². The molecular formula is C20H21ClN2O3S. The predicted molar refractivity (Wildman–Crippen MR) is 106 cm³/mol. The molecule has 3 aromatic rings. The van der Waals surface area contributed by atoms with Crippen molar-refractivity contribution in [2.75, 3.05) is 6.54 Å². The maximum absolute atomic E-state index is 12.8. The zero-order valence-corrected chi connectivity index (χ0v) is 17.1. The fourth-order valence-corrected chi connectivity index (χ4v) is 3.80. The second-order valence-electron chi connectivity index (χ2n) is 6.14. The lowest BCUT2D eigenvalue weighted by Gasteiger charge is -2.20. The van der Waals surface area contributed by atoms with Crippen LogP contribution in [-0.4, -0.2) is 22.5 Å². The van der Waals surface area contributed by atoms with Gasteiger partial charge in [-0.1, -0.05) is 16.8 Å². The molecule has 1 aromatic carbocycles. The minimum Gasteiger partial charge on any atom is -0.489 e. The molecular weight excluding hydrogens is 384 g/mol. The van der Waals surface area contributed by atoms with E-state index in [1.807, 2.05) is 32.9 Å². The molecule has 0 spiro atoms. The number of hydrogen-bond donors (Lipinski definition) is 0. The van der Waals surface area contributed by atoms with E-state index in [2.05, 4.69) is 5.16 Å². The first-order valence-electron chi connectivity index (χ1n) is 8.66. The number of carbonyl (C=O) groups is 1. The van der Waals surface area contributed by atoms with Gasteiger partial charge in [0, 0.05) is 17.0 Å². The number of ether oxygens (including phenoxy) is 1. The first-order valence-corrected chi connectivity index (χ1v) is 9.85. The summed E-state index contributed by atoms with van der Waals surface area (Å²) in [5, 5.41) is 3.92. The van der Waals surface area contributed by atoms with Crippen LogP contribution >= 0.6 is 22.9 Å². The van der Waals surface area contributed by atoms with Crippen LogP contribution in [0.25, 0.3) is 0 Å². The number of rotatable bonds is 7. The standard InChI is InChI=1S/C20H21ClN2O3S/c1-4-23(11-17-9-10-19(21)27-17)20(24)15-5-7-16(8-6-15)25-12-18-13(2)22-26-14(18)3/h5-10H,4,11-12H2,1-3H3. The van der Waals surface area contributed by atoms with E-state index in [1.54, 1.807) is 29.2 Å². The Hall–Kier alpha value is -2.31. The third-order valence-electron chi connectivity index (χ3n) is 4.31. The van der Waals surface area contributed by atoms with E-state index in [1.165, 1.54) is 11.3 Å². The van der Waals surface area contributed by atoms with Crippen molar-refractivity contribution in [3.8, 4) is 5.75 Å². The number of aryl methyl sites for hydroxylation is 2. The van der Waals surface area contributed by atoms with Gasteiger partial charge in [-0.15, -0.1) is 11.3 Å². The average molecular weight is 405 g/mol. The summed E-state index contributed by atoms with van der Waals surface area (Å²) < 4.78 is 11.7. The molecule has 27 heavy (non-hydrogen) atoms. The Morgan fingerprint density at radius 1 is 1.22 bits per heavy atom. The van der Waals surface area contributed by atoms with Crippen molar-refractivity contribution in [3.63, 3.8) is 0 Å². The molecule has 0 unspecified atom stereocenters. The molecule has 0 aliphatic heterocycles. The minimum atomic E-state index is -0.0145. The summed E-state index contributed by atoms with van der Waals surface area (Å²) in [6, 6.07) is 11.0. The summed E-state index contributed by atoms with van der Waals surface area (Å²) in [5.41, 5.74) is 2.40. The lowest BCUT2D eigenvalue weighted by molar-refractivity contribution is 0.0754. The van der Waals surface area contributed by atoms with Gasteiger partial charge in [0.05, 0.1) is 22.1 Å². The first-order chi connectivity index (χ1) is 13.0. The molecule has 5 nitrogen and oxygen atoms in total. The van der Waals surface area contributed by atoms with E-state index in [4.69, 9.17) is 20.9 Å². The van der Waals surface area contributed by atoms with Crippen LogP contribution in [0.4, 0.5) is 0 Å². The Morgan fingerprint density at radius 2 is 1.96 bits per heavy atom. The lowest BCUT2D eigenvalue weighted by atomic mass is 10.2. The van der Waals surface area contributed by atoms with Gasteiger partial charge in [0.25, 0.3) is 5.91 Å².